The van der Waals surface area contributed by atoms with Crippen molar-refractivity contribution in [1.82, 2.24) is 20.2 Å². The predicted octanol–water partition coefficient (Wildman–Crippen LogP) is 2.46. The largest absolute Gasteiger partial charge is 0.332 e. The van der Waals surface area contributed by atoms with Gasteiger partial charge in [-0.3, -0.25) is 4.98 Å². The summed E-state index contributed by atoms with van der Waals surface area (Å²) >= 11 is 5.89. The topological polar surface area (TPSA) is 58.1 Å². The molecule has 5 nitrogen and oxygen atoms in total. The van der Waals surface area contributed by atoms with Crippen molar-refractivity contribution in [3.05, 3.63) is 23.2 Å². The van der Waals surface area contributed by atoms with Crippen LogP contribution in [0.1, 0.15) is 32.4 Å². The second kappa shape index (κ2) is 5.74. The fourth-order valence-corrected chi connectivity index (χ4v) is 2.23. The minimum absolute atomic E-state index is 0.0581. The van der Waals surface area contributed by atoms with Crippen molar-refractivity contribution < 1.29 is 4.79 Å². The molecule has 1 aromatic heterocycles. The number of carbonyl (C=O) groups excluding carboxylic acids is 1. The van der Waals surface area contributed by atoms with Gasteiger partial charge in [0, 0.05) is 25.5 Å². The van der Waals surface area contributed by atoms with Gasteiger partial charge in [-0.2, -0.15) is 0 Å². The van der Waals surface area contributed by atoms with E-state index in [1.165, 1.54) is 6.20 Å². The number of amides is 2. The normalized spacial score (nSPS) is 18.2. The van der Waals surface area contributed by atoms with Crippen molar-refractivity contribution in [3.8, 4) is 0 Å². The van der Waals surface area contributed by atoms with E-state index in [2.05, 4.69) is 29.1 Å². The van der Waals surface area contributed by atoms with Crippen LogP contribution in [-0.4, -0.2) is 34.0 Å². The fourth-order valence-electron chi connectivity index (χ4n) is 2.05. The van der Waals surface area contributed by atoms with Gasteiger partial charge < -0.3 is 10.2 Å². The number of halogens is 1. The first-order valence-electron chi connectivity index (χ1n) is 6.46. The molecule has 6 heteroatoms. The molecule has 2 amide bonds. The monoisotopic (exact) mass is 282 g/mol. The van der Waals surface area contributed by atoms with E-state index in [-0.39, 0.29) is 6.03 Å². The maximum atomic E-state index is 12.0. The summed E-state index contributed by atoms with van der Waals surface area (Å²) in [6, 6.07) is -0.0581. The highest BCUT2D eigenvalue weighted by molar-refractivity contribution is 6.29. The predicted molar refractivity (Wildman–Crippen MR) is 73.9 cm³/mol. The summed E-state index contributed by atoms with van der Waals surface area (Å²) in [4.78, 5) is 21.9. The van der Waals surface area contributed by atoms with E-state index >= 15 is 0 Å². The fraction of sp³-hybridized carbons (Fsp3) is 0.615. The lowest BCUT2D eigenvalue weighted by Crippen LogP contribution is -2.46. The van der Waals surface area contributed by atoms with Gasteiger partial charge in [0.1, 0.15) is 0 Å². The Balaban J connectivity index is 1.84. The van der Waals surface area contributed by atoms with Crippen molar-refractivity contribution >= 4 is 17.6 Å². The molecule has 19 heavy (non-hydrogen) atoms. The summed E-state index contributed by atoms with van der Waals surface area (Å²) in [5.74, 6) is 0. The molecule has 0 radical (unpaired) electrons. The van der Waals surface area contributed by atoms with E-state index in [9.17, 15) is 4.79 Å². The number of aromatic nitrogens is 2. The second-order valence-electron chi connectivity index (χ2n) is 5.60. The Morgan fingerprint density at radius 1 is 1.37 bits per heavy atom. The maximum Gasteiger partial charge on any atom is 0.317 e. The van der Waals surface area contributed by atoms with Gasteiger partial charge in [0.25, 0.3) is 0 Å². The first-order chi connectivity index (χ1) is 8.98. The van der Waals surface area contributed by atoms with Crippen LogP contribution in [0.2, 0.25) is 5.15 Å². The number of carbonyl (C=O) groups is 1. The average Bonchev–Trinajstić information content (AvgIpc) is 2.37. The van der Waals surface area contributed by atoms with Gasteiger partial charge in [0.05, 0.1) is 12.2 Å². The Bertz CT molecular complexity index is 454. The Morgan fingerprint density at radius 2 is 2.00 bits per heavy atom. The molecule has 0 aromatic carbocycles. The van der Waals surface area contributed by atoms with E-state index in [0.717, 1.165) is 25.9 Å². The van der Waals surface area contributed by atoms with Crippen molar-refractivity contribution in [3.63, 3.8) is 0 Å². The number of piperidine rings is 1. The van der Waals surface area contributed by atoms with Crippen molar-refractivity contribution in [2.75, 3.05) is 13.1 Å². The SMILES string of the molecule is CC1(C)CCN(C(=O)NCc2nccnc2Cl)CC1. The molecule has 1 saturated heterocycles. The summed E-state index contributed by atoms with van der Waals surface area (Å²) in [5, 5.41) is 3.17. The molecule has 2 heterocycles. The van der Waals surface area contributed by atoms with Crippen LogP contribution in [0.25, 0.3) is 0 Å². The van der Waals surface area contributed by atoms with Crippen LogP contribution in [0.4, 0.5) is 4.79 Å². The highest BCUT2D eigenvalue weighted by Gasteiger charge is 2.27. The number of rotatable bonds is 2. The highest BCUT2D eigenvalue weighted by atomic mass is 35.5. The van der Waals surface area contributed by atoms with Crippen LogP contribution in [0.3, 0.4) is 0 Å². The zero-order valence-electron chi connectivity index (χ0n) is 11.3. The molecule has 1 fully saturated rings. The van der Waals surface area contributed by atoms with E-state index in [1.807, 2.05) is 4.90 Å². The van der Waals surface area contributed by atoms with Gasteiger partial charge in [0.2, 0.25) is 0 Å². The van der Waals surface area contributed by atoms with Crippen molar-refractivity contribution in [1.29, 1.82) is 0 Å². The number of urea groups is 1. The van der Waals surface area contributed by atoms with Gasteiger partial charge in [-0.25, -0.2) is 9.78 Å². The van der Waals surface area contributed by atoms with E-state index in [0.29, 0.717) is 22.8 Å². The molecular formula is C13H19ClN4O. The van der Waals surface area contributed by atoms with Crippen molar-refractivity contribution in [2.45, 2.75) is 33.2 Å². The molecule has 0 aliphatic carbocycles. The standard InChI is InChI=1S/C13H19ClN4O/c1-13(2)3-7-18(8-4-13)12(19)17-9-10-11(14)16-6-5-15-10/h5-6H,3-4,7-9H2,1-2H3,(H,17,19). The number of hydrogen-bond acceptors (Lipinski definition) is 3. The molecule has 1 aromatic rings. The minimum atomic E-state index is -0.0581. The van der Waals surface area contributed by atoms with E-state index in [1.54, 1.807) is 6.20 Å². The molecular weight excluding hydrogens is 264 g/mol. The lowest BCUT2D eigenvalue weighted by molar-refractivity contribution is 0.140. The third-order valence-electron chi connectivity index (χ3n) is 3.53. The van der Waals surface area contributed by atoms with E-state index < -0.39 is 0 Å². The lowest BCUT2D eigenvalue weighted by Gasteiger charge is -2.36. The molecule has 1 N–H and O–H groups in total. The molecule has 0 atom stereocenters. The molecule has 0 bridgehead atoms. The molecule has 2 rings (SSSR count). The summed E-state index contributed by atoms with van der Waals surface area (Å²) in [5.41, 5.74) is 0.931. The molecule has 0 spiro atoms. The number of nitrogens with zero attached hydrogens (tertiary/aromatic N) is 3. The van der Waals surface area contributed by atoms with Gasteiger partial charge in [-0.05, 0) is 18.3 Å². The van der Waals surface area contributed by atoms with Crippen LogP contribution in [0, 0.1) is 5.41 Å². The molecule has 1 aliphatic heterocycles. The maximum absolute atomic E-state index is 12.0. The van der Waals surface area contributed by atoms with Crippen LogP contribution in [0.15, 0.2) is 12.4 Å². The zero-order valence-corrected chi connectivity index (χ0v) is 12.1. The Hall–Kier alpha value is -1.36. The number of nitrogens with one attached hydrogen (secondary N) is 1. The van der Waals surface area contributed by atoms with Crippen LogP contribution >= 0.6 is 11.6 Å². The van der Waals surface area contributed by atoms with Gasteiger partial charge in [-0.1, -0.05) is 25.4 Å². The Morgan fingerprint density at radius 3 is 2.63 bits per heavy atom. The zero-order chi connectivity index (χ0) is 13.9. The summed E-state index contributed by atoms with van der Waals surface area (Å²) in [6.07, 6.45) is 5.16. The van der Waals surface area contributed by atoms with Crippen molar-refractivity contribution in [2.24, 2.45) is 5.41 Å². The minimum Gasteiger partial charge on any atom is -0.332 e. The highest BCUT2D eigenvalue weighted by Crippen LogP contribution is 2.29. The molecule has 104 valence electrons. The summed E-state index contributed by atoms with van der Waals surface area (Å²) in [7, 11) is 0. The summed E-state index contributed by atoms with van der Waals surface area (Å²) < 4.78 is 0. The Labute approximate surface area is 118 Å². The molecule has 0 unspecified atom stereocenters. The number of hydrogen-bond donors (Lipinski definition) is 1. The van der Waals surface area contributed by atoms with Gasteiger partial charge in [0.15, 0.2) is 5.15 Å². The Kier molecular flexibility index (Phi) is 4.24. The smallest absolute Gasteiger partial charge is 0.317 e. The van der Waals surface area contributed by atoms with Crippen LogP contribution in [-0.2, 0) is 6.54 Å². The lowest BCUT2D eigenvalue weighted by atomic mass is 9.83. The third kappa shape index (κ3) is 3.80. The summed E-state index contributed by atoms with van der Waals surface area (Å²) in [6.45, 7) is 6.38. The second-order valence-corrected chi connectivity index (χ2v) is 5.96. The van der Waals surface area contributed by atoms with Gasteiger partial charge >= 0.3 is 6.03 Å². The quantitative estimate of drug-likeness (QED) is 0.906. The van der Waals surface area contributed by atoms with Crippen LogP contribution < -0.4 is 5.32 Å². The molecule has 0 saturated carbocycles. The average molecular weight is 283 g/mol. The van der Waals surface area contributed by atoms with E-state index in [4.69, 9.17) is 11.6 Å². The molecule has 1 aliphatic rings. The van der Waals surface area contributed by atoms with Crippen LogP contribution in [0.5, 0.6) is 0 Å². The first kappa shape index (κ1) is 14.1. The van der Waals surface area contributed by atoms with Gasteiger partial charge in [-0.15, -0.1) is 0 Å². The first-order valence-corrected chi connectivity index (χ1v) is 6.84. The number of likely N-dealkylation sites (tertiary alicyclic amines) is 1. The third-order valence-corrected chi connectivity index (χ3v) is 3.85.